The molecule has 1 fully saturated rings. The van der Waals surface area contributed by atoms with Crippen molar-refractivity contribution in [1.29, 1.82) is 0 Å². The number of hydrogen-bond donors (Lipinski definition) is 1. The van der Waals surface area contributed by atoms with E-state index >= 15 is 0 Å². The van der Waals surface area contributed by atoms with Crippen LogP contribution in [0.5, 0.6) is 0 Å². The summed E-state index contributed by atoms with van der Waals surface area (Å²) in [5.41, 5.74) is -0.592. The highest BCUT2D eigenvalue weighted by molar-refractivity contribution is 5.78. The molecule has 0 atom stereocenters. The van der Waals surface area contributed by atoms with Crippen molar-refractivity contribution in [3.8, 4) is 0 Å². The van der Waals surface area contributed by atoms with Crippen LogP contribution in [0.1, 0.15) is 48.5 Å². The van der Waals surface area contributed by atoms with Crippen LogP contribution in [0.2, 0.25) is 0 Å². The van der Waals surface area contributed by atoms with E-state index in [1.165, 1.54) is 0 Å². The van der Waals surface area contributed by atoms with Gasteiger partial charge in [-0.25, -0.2) is 0 Å². The Balaban J connectivity index is 2.63. The fourth-order valence-electron chi connectivity index (χ4n) is 2.42. The average Bonchev–Trinajstić information content (AvgIpc) is 2.07. The predicted molar refractivity (Wildman–Crippen MR) is 73.6 cm³/mol. The van der Waals surface area contributed by atoms with Gasteiger partial charge in [-0.15, -0.1) is 0 Å². The van der Waals surface area contributed by atoms with Gasteiger partial charge in [-0.3, -0.25) is 4.79 Å². The number of amides is 1. The first kappa shape index (κ1) is 15.4. The zero-order chi connectivity index (χ0) is 14.2. The number of carbonyl (C=O) groups is 1. The van der Waals surface area contributed by atoms with Crippen molar-refractivity contribution in [2.75, 3.05) is 19.6 Å². The number of carbonyl (C=O) groups excluding carboxylic acids is 1. The van der Waals surface area contributed by atoms with E-state index in [0.29, 0.717) is 19.6 Å². The van der Waals surface area contributed by atoms with Gasteiger partial charge in [0.2, 0.25) is 5.91 Å². The largest absolute Gasteiger partial charge is 0.366 e. The third kappa shape index (κ3) is 4.94. The van der Waals surface area contributed by atoms with Gasteiger partial charge in [0.05, 0.1) is 17.7 Å². The molecule has 0 saturated carbocycles. The Hall–Kier alpha value is -0.610. The molecule has 1 amide bonds. The second kappa shape index (κ2) is 4.82. The highest BCUT2D eigenvalue weighted by atomic mass is 16.5. The van der Waals surface area contributed by atoms with Crippen molar-refractivity contribution in [2.24, 2.45) is 0 Å². The third-order valence-electron chi connectivity index (χ3n) is 2.82. The summed E-state index contributed by atoms with van der Waals surface area (Å²) in [5, 5.41) is 3.24. The number of hydrogen-bond acceptors (Lipinski definition) is 3. The topological polar surface area (TPSA) is 41.6 Å². The smallest absolute Gasteiger partial charge is 0.236 e. The zero-order valence-electron chi connectivity index (χ0n) is 12.9. The van der Waals surface area contributed by atoms with E-state index in [-0.39, 0.29) is 22.6 Å². The first-order chi connectivity index (χ1) is 7.90. The summed E-state index contributed by atoms with van der Waals surface area (Å²) in [5.74, 6) is 0.148. The molecule has 0 radical (unpaired) electrons. The van der Waals surface area contributed by atoms with Crippen LogP contribution in [-0.4, -0.2) is 47.2 Å². The second-order valence-electron chi connectivity index (χ2n) is 7.47. The molecular formula is C14H28N2O2. The number of nitrogens with one attached hydrogen (secondary N) is 1. The molecule has 1 rings (SSSR count). The molecule has 0 bridgehead atoms. The van der Waals surface area contributed by atoms with Crippen molar-refractivity contribution in [1.82, 2.24) is 10.2 Å². The molecule has 4 nitrogen and oxygen atoms in total. The predicted octanol–water partition coefficient (Wildman–Crippen LogP) is 1.79. The lowest BCUT2D eigenvalue weighted by Crippen LogP contribution is -2.60. The number of morpholine rings is 1. The molecule has 0 aliphatic carbocycles. The standard InChI is InChI=1S/C14H28N2O2/c1-12(2,3)15-8-11(17)16-9-13(4,5)18-14(6,7)10-16/h15H,8-10H2,1-7H3. The minimum absolute atomic E-state index is 0.0347. The van der Waals surface area contributed by atoms with E-state index in [0.717, 1.165) is 0 Å². The van der Waals surface area contributed by atoms with Gasteiger partial charge in [-0.2, -0.15) is 0 Å². The maximum absolute atomic E-state index is 12.2. The fraction of sp³-hybridized carbons (Fsp3) is 0.929. The van der Waals surface area contributed by atoms with Crippen molar-refractivity contribution in [3.05, 3.63) is 0 Å². The minimum Gasteiger partial charge on any atom is -0.366 e. The lowest BCUT2D eigenvalue weighted by molar-refractivity contribution is -0.187. The van der Waals surface area contributed by atoms with Gasteiger partial charge in [0.1, 0.15) is 0 Å². The van der Waals surface area contributed by atoms with Gasteiger partial charge < -0.3 is 15.0 Å². The van der Waals surface area contributed by atoms with Crippen LogP contribution in [0.4, 0.5) is 0 Å². The van der Waals surface area contributed by atoms with Gasteiger partial charge in [-0.05, 0) is 48.5 Å². The van der Waals surface area contributed by atoms with Crippen LogP contribution in [0.15, 0.2) is 0 Å². The SMILES string of the molecule is CC(C)(C)NCC(=O)N1CC(C)(C)OC(C)(C)C1. The maximum Gasteiger partial charge on any atom is 0.236 e. The van der Waals surface area contributed by atoms with Gasteiger partial charge in [0.15, 0.2) is 0 Å². The maximum atomic E-state index is 12.2. The fourth-order valence-corrected chi connectivity index (χ4v) is 2.42. The Morgan fingerprint density at radius 1 is 1.17 bits per heavy atom. The van der Waals surface area contributed by atoms with Gasteiger partial charge >= 0.3 is 0 Å². The lowest BCUT2D eigenvalue weighted by atomic mass is 9.99. The summed E-state index contributed by atoms with van der Waals surface area (Å²) in [6.45, 7) is 16.0. The van der Waals surface area contributed by atoms with Crippen LogP contribution in [0.25, 0.3) is 0 Å². The van der Waals surface area contributed by atoms with Crippen LogP contribution >= 0.6 is 0 Å². The number of nitrogens with zero attached hydrogens (tertiary/aromatic N) is 1. The summed E-state index contributed by atoms with van der Waals surface area (Å²) in [4.78, 5) is 14.1. The van der Waals surface area contributed by atoms with E-state index in [2.05, 4.69) is 26.1 Å². The lowest BCUT2D eigenvalue weighted by Gasteiger charge is -2.47. The van der Waals surface area contributed by atoms with Crippen molar-refractivity contribution in [3.63, 3.8) is 0 Å². The van der Waals surface area contributed by atoms with Crippen molar-refractivity contribution in [2.45, 2.75) is 65.2 Å². The Morgan fingerprint density at radius 3 is 2.00 bits per heavy atom. The zero-order valence-corrected chi connectivity index (χ0v) is 12.9. The summed E-state index contributed by atoms with van der Waals surface area (Å²) >= 11 is 0. The summed E-state index contributed by atoms with van der Waals surface area (Å²) in [6, 6.07) is 0. The highest BCUT2D eigenvalue weighted by Gasteiger charge is 2.39. The minimum atomic E-state index is -0.279. The third-order valence-corrected chi connectivity index (χ3v) is 2.82. The van der Waals surface area contributed by atoms with Crippen LogP contribution in [0, 0.1) is 0 Å². The summed E-state index contributed by atoms with van der Waals surface area (Å²) in [7, 11) is 0. The molecular weight excluding hydrogens is 228 g/mol. The Kier molecular flexibility index (Phi) is 4.13. The number of rotatable bonds is 2. The molecule has 0 spiro atoms. The Morgan fingerprint density at radius 2 is 1.61 bits per heavy atom. The van der Waals surface area contributed by atoms with E-state index in [4.69, 9.17) is 4.74 Å². The molecule has 106 valence electrons. The first-order valence-corrected chi connectivity index (χ1v) is 6.63. The summed E-state index contributed by atoms with van der Waals surface area (Å²) < 4.78 is 5.97. The molecule has 0 aromatic carbocycles. The normalized spacial score (nSPS) is 22.9. The van der Waals surface area contributed by atoms with Crippen LogP contribution in [0.3, 0.4) is 0 Å². The van der Waals surface area contributed by atoms with Crippen molar-refractivity contribution < 1.29 is 9.53 Å². The second-order valence-corrected chi connectivity index (χ2v) is 7.47. The molecule has 1 heterocycles. The monoisotopic (exact) mass is 256 g/mol. The molecule has 1 saturated heterocycles. The number of ether oxygens (including phenoxy) is 1. The molecule has 0 aromatic heterocycles. The van der Waals surface area contributed by atoms with Gasteiger partial charge in [-0.1, -0.05) is 0 Å². The van der Waals surface area contributed by atoms with E-state index in [1.54, 1.807) is 0 Å². The van der Waals surface area contributed by atoms with E-state index in [1.807, 2.05) is 32.6 Å². The Labute approximate surface area is 111 Å². The van der Waals surface area contributed by atoms with E-state index in [9.17, 15) is 4.79 Å². The molecule has 0 unspecified atom stereocenters. The molecule has 1 aliphatic rings. The molecule has 18 heavy (non-hydrogen) atoms. The molecule has 4 heteroatoms. The highest BCUT2D eigenvalue weighted by Crippen LogP contribution is 2.27. The van der Waals surface area contributed by atoms with Gasteiger partial charge in [0, 0.05) is 18.6 Å². The first-order valence-electron chi connectivity index (χ1n) is 6.63. The van der Waals surface area contributed by atoms with Crippen molar-refractivity contribution >= 4 is 5.91 Å². The van der Waals surface area contributed by atoms with Crippen LogP contribution in [-0.2, 0) is 9.53 Å². The quantitative estimate of drug-likeness (QED) is 0.819. The molecule has 0 aromatic rings. The Bertz CT molecular complexity index is 300. The van der Waals surface area contributed by atoms with Crippen LogP contribution < -0.4 is 5.32 Å². The molecule has 1 N–H and O–H groups in total. The molecule has 1 aliphatic heterocycles. The van der Waals surface area contributed by atoms with Gasteiger partial charge in [0.25, 0.3) is 0 Å². The average molecular weight is 256 g/mol. The van der Waals surface area contributed by atoms with E-state index < -0.39 is 0 Å². The summed E-state index contributed by atoms with van der Waals surface area (Å²) in [6.07, 6.45) is 0.